The lowest BCUT2D eigenvalue weighted by Crippen LogP contribution is -2.27. The molecule has 0 amide bonds. The van der Waals surface area contributed by atoms with E-state index in [0.29, 0.717) is 36.3 Å². The van der Waals surface area contributed by atoms with Crippen LogP contribution in [0.3, 0.4) is 0 Å². The topological polar surface area (TPSA) is 18.5 Å². The highest BCUT2D eigenvalue weighted by Crippen LogP contribution is 2.34. The molecule has 3 aromatic carbocycles. The van der Waals surface area contributed by atoms with Crippen molar-refractivity contribution in [2.45, 2.75) is 39.4 Å². The van der Waals surface area contributed by atoms with Gasteiger partial charge in [0.25, 0.3) is 0 Å². The van der Waals surface area contributed by atoms with Crippen LogP contribution in [-0.4, -0.2) is 13.2 Å². The molecule has 0 unspecified atom stereocenters. The Morgan fingerprint density at radius 1 is 0.771 bits per heavy atom. The van der Waals surface area contributed by atoms with Gasteiger partial charge in [-0.3, -0.25) is 0 Å². The van der Waals surface area contributed by atoms with Crippen molar-refractivity contribution in [2.75, 3.05) is 13.2 Å². The molecule has 2 nitrogen and oxygen atoms in total. The molecule has 3 aromatic rings. The molecule has 184 valence electrons. The first-order valence-electron chi connectivity index (χ1n) is 11.8. The molecule has 0 aliphatic carbocycles. The minimum Gasteiger partial charge on any atom is -0.348 e. The molecule has 1 fully saturated rings. The molecule has 1 saturated heterocycles. The molecular formula is C29H28F4O2. The Morgan fingerprint density at radius 2 is 1.34 bits per heavy atom. The molecular weight excluding hydrogens is 456 g/mol. The van der Waals surface area contributed by atoms with Crippen LogP contribution in [0.5, 0.6) is 0 Å². The fourth-order valence-electron chi connectivity index (χ4n) is 4.27. The number of benzene rings is 3. The zero-order valence-electron chi connectivity index (χ0n) is 19.8. The van der Waals surface area contributed by atoms with E-state index in [1.54, 1.807) is 37.3 Å². The van der Waals surface area contributed by atoms with E-state index in [1.807, 2.05) is 13.0 Å². The van der Waals surface area contributed by atoms with E-state index < -0.39 is 29.6 Å². The van der Waals surface area contributed by atoms with E-state index in [-0.39, 0.29) is 22.6 Å². The summed E-state index contributed by atoms with van der Waals surface area (Å²) in [4.78, 5) is 0. The Hall–Kier alpha value is -2.96. The minimum atomic E-state index is -1.02. The zero-order valence-corrected chi connectivity index (χ0v) is 19.8. The first kappa shape index (κ1) is 25.1. The Labute approximate surface area is 203 Å². The molecule has 0 radical (unpaired) electrons. The molecule has 4 rings (SSSR count). The van der Waals surface area contributed by atoms with Crippen molar-refractivity contribution in [3.63, 3.8) is 0 Å². The smallest absolute Gasteiger partial charge is 0.186 e. The van der Waals surface area contributed by atoms with E-state index in [0.717, 1.165) is 12.8 Å². The van der Waals surface area contributed by atoms with E-state index in [1.165, 1.54) is 18.2 Å². The van der Waals surface area contributed by atoms with Crippen LogP contribution in [-0.2, 0) is 15.9 Å². The largest absolute Gasteiger partial charge is 0.348 e. The highest BCUT2D eigenvalue weighted by Gasteiger charge is 2.28. The molecule has 1 aliphatic heterocycles. The van der Waals surface area contributed by atoms with Gasteiger partial charge in [0.05, 0.1) is 13.2 Å². The van der Waals surface area contributed by atoms with Gasteiger partial charge in [-0.1, -0.05) is 67.6 Å². The lowest BCUT2D eigenvalue weighted by Gasteiger charge is -2.29. The van der Waals surface area contributed by atoms with Gasteiger partial charge >= 0.3 is 0 Å². The molecule has 0 spiro atoms. The first-order valence-corrected chi connectivity index (χ1v) is 11.8. The molecule has 0 bridgehead atoms. The van der Waals surface area contributed by atoms with Crippen LogP contribution in [0.2, 0.25) is 0 Å². The standard InChI is InChI=1S/C29H28F4O2/c1-3-5-6-7-18-16-34-29(35-17-18)24-15-14-23(27(32)28(24)33)21-10-8-20(9-11-21)22-13-12-19(4-2)25(30)26(22)31/h3,5,8-15,18,29H,4,6-7,16-17H2,1-2H3/b5-3+. The average molecular weight is 485 g/mol. The number of hydrogen-bond donors (Lipinski definition) is 0. The number of allylic oxidation sites excluding steroid dienone is 2. The van der Waals surface area contributed by atoms with Gasteiger partial charge in [-0.2, -0.15) is 0 Å². The van der Waals surface area contributed by atoms with Crippen LogP contribution in [0.1, 0.15) is 44.1 Å². The fraction of sp³-hybridized carbons (Fsp3) is 0.310. The van der Waals surface area contributed by atoms with E-state index in [4.69, 9.17) is 9.47 Å². The van der Waals surface area contributed by atoms with E-state index >= 15 is 4.39 Å². The molecule has 0 N–H and O–H groups in total. The van der Waals surface area contributed by atoms with Crippen LogP contribution in [0.25, 0.3) is 22.3 Å². The summed E-state index contributed by atoms with van der Waals surface area (Å²) in [6.07, 6.45) is 5.31. The van der Waals surface area contributed by atoms with Crippen molar-refractivity contribution in [1.29, 1.82) is 0 Å². The summed E-state index contributed by atoms with van der Waals surface area (Å²) in [6, 6.07) is 12.2. The summed E-state index contributed by atoms with van der Waals surface area (Å²) >= 11 is 0. The SMILES string of the molecule is C/C=C/CCC1COC(c2ccc(-c3ccc(-c4ccc(CC)c(F)c4F)cc3)c(F)c2F)OC1. The lowest BCUT2D eigenvalue weighted by molar-refractivity contribution is -0.207. The molecule has 1 heterocycles. The van der Waals surface area contributed by atoms with Gasteiger partial charge < -0.3 is 9.47 Å². The third kappa shape index (κ3) is 5.34. The van der Waals surface area contributed by atoms with Crippen molar-refractivity contribution >= 4 is 0 Å². The monoisotopic (exact) mass is 484 g/mol. The van der Waals surface area contributed by atoms with Gasteiger partial charge in [0.2, 0.25) is 0 Å². The third-order valence-corrected chi connectivity index (χ3v) is 6.36. The minimum absolute atomic E-state index is 0.0170. The summed E-state index contributed by atoms with van der Waals surface area (Å²) < 4.78 is 70.0. The quantitative estimate of drug-likeness (QED) is 0.249. The summed E-state index contributed by atoms with van der Waals surface area (Å²) in [6.45, 7) is 4.55. The van der Waals surface area contributed by atoms with Crippen LogP contribution in [0.15, 0.2) is 60.7 Å². The highest BCUT2D eigenvalue weighted by molar-refractivity contribution is 5.71. The number of rotatable bonds is 7. The maximum Gasteiger partial charge on any atom is 0.186 e. The number of aryl methyl sites for hydroxylation is 1. The van der Waals surface area contributed by atoms with E-state index in [2.05, 4.69) is 6.08 Å². The normalized spacial score (nSPS) is 18.3. The maximum atomic E-state index is 15.0. The predicted octanol–water partition coefficient (Wildman–Crippen LogP) is 8.16. The van der Waals surface area contributed by atoms with Gasteiger partial charge in [0.15, 0.2) is 29.6 Å². The Bertz CT molecular complexity index is 1200. The third-order valence-electron chi connectivity index (χ3n) is 6.36. The van der Waals surface area contributed by atoms with Crippen LogP contribution in [0.4, 0.5) is 17.6 Å². The Balaban J connectivity index is 1.51. The van der Waals surface area contributed by atoms with Gasteiger partial charge in [0.1, 0.15) is 0 Å². The summed E-state index contributed by atoms with van der Waals surface area (Å²) in [5.74, 6) is -3.61. The average Bonchev–Trinajstić information content (AvgIpc) is 2.88. The number of ether oxygens (including phenoxy) is 2. The van der Waals surface area contributed by atoms with Crippen LogP contribution < -0.4 is 0 Å². The second-order valence-corrected chi connectivity index (χ2v) is 8.67. The first-order chi connectivity index (χ1) is 16.9. The second kappa shape index (κ2) is 11.2. The summed E-state index contributed by atoms with van der Waals surface area (Å²) in [5.41, 5.74) is 1.35. The predicted molar refractivity (Wildman–Crippen MR) is 129 cm³/mol. The van der Waals surface area contributed by atoms with E-state index in [9.17, 15) is 13.2 Å². The Morgan fingerprint density at radius 3 is 1.91 bits per heavy atom. The molecule has 1 aliphatic rings. The van der Waals surface area contributed by atoms with Gasteiger partial charge in [-0.15, -0.1) is 0 Å². The van der Waals surface area contributed by atoms with Gasteiger partial charge in [0, 0.05) is 22.6 Å². The Kier molecular flexibility index (Phi) is 8.04. The maximum absolute atomic E-state index is 15.0. The second-order valence-electron chi connectivity index (χ2n) is 8.67. The van der Waals surface area contributed by atoms with Crippen molar-refractivity contribution in [3.05, 3.63) is 95.1 Å². The fourth-order valence-corrected chi connectivity index (χ4v) is 4.27. The summed E-state index contributed by atoms with van der Waals surface area (Å²) in [7, 11) is 0. The van der Waals surface area contributed by atoms with Crippen molar-refractivity contribution < 1.29 is 27.0 Å². The van der Waals surface area contributed by atoms with Gasteiger partial charge in [-0.25, -0.2) is 17.6 Å². The van der Waals surface area contributed by atoms with Crippen LogP contribution in [0, 0.1) is 29.2 Å². The molecule has 6 heteroatoms. The molecule has 0 aromatic heterocycles. The number of halogens is 4. The highest BCUT2D eigenvalue weighted by atomic mass is 19.2. The summed E-state index contributed by atoms with van der Waals surface area (Å²) in [5, 5.41) is 0. The molecule has 0 saturated carbocycles. The van der Waals surface area contributed by atoms with Crippen molar-refractivity contribution in [2.24, 2.45) is 5.92 Å². The molecule has 35 heavy (non-hydrogen) atoms. The van der Waals surface area contributed by atoms with Crippen molar-refractivity contribution in [1.82, 2.24) is 0 Å². The lowest BCUT2D eigenvalue weighted by atomic mass is 9.97. The number of hydrogen-bond acceptors (Lipinski definition) is 2. The molecule has 0 atom stereocenters. The van der Waals surface area contributed by atoms with Crippen LogP contribution >= 0.6 is 0 Å². The zero-order chi connectivity index (χ0) is 24.9. The van der Waals surface area contributed by atoms with Gasteiger partial charge in [-0.05, 0) is 42.9 Å². The van der Waals surface area contributed by atoms with Crippen molar-refractivity contribution in [3.8, 4) is 22.3 Å².